The fourth-order valence-electron chi connectivity index (χ4n) is 2.88. The molecule has 1 aromatic rings. The highest BCUT2D eigenvalue weighted by atomic mass is 16.5. The van der Waals surface area contributed by atoms with Gasteiger partial charge in [-0.2, -0.15) is 0 Å². The summed E-state index contributed by atoms with van der Waals surface area (Å²) in [4.78, 5) is 28.1. The van der Waals surface area contributed by atoms with Crippen molar-refractivity contribution in [2.75, 3.05) is 33.3 Å². The Morgan fingerprint density at radius 3 is 2.26 bits per heavy atom. The summed E-state index contributed by atoms with van der Waals surface area (Å²) in [6.45, 7) is 8.29. The molecule has 0 unspecified atom stereocenters. The molecule has 126 valence electrons. The van der Waals surface area contributed by atoms with E-state index in [0.29, 0.717) is 32.6 Å². The molecule has 1 fully saturated rings. The van der Waals surface area contributed by atoms with Crippen LogP contribution in [0.4, 0.5) is 0 Å². The third kappa shape index (κ3) is 4.24. The van der Waals surface area contributed by atoms with Gasteiger partial charge in [-0.3, -0.25) is 9.59 Å². The number of benzene rings is 1. The van der Waals surface area contributed by atoms with E-state index in [0.717, 1.165) is 16.9 Å². The maximum atomic E-state index is 12.4. The van der Waals surface area contributed by atoms with E-state index in [1.807, 2.05) is 48.8 Å². The fraction of sp³-hybridized carbons (Fsp3) is 0.556. The molecule has 1 saturated heterocycles. The predicted molar refractivity (Wildman–Crippen MR) is 89.4 cm³/mol. The molecule has 0 spiro atoms. The number of piperazine rings is 1. The maximum absolute atomic E-state index is 12.4. The highest BCUT2D eigenvalue weighted by Crippen LogP contribution is 2.19. The number of carbonyl (C=O) groups excluding carboxylic acids is 2. The first-order valence-corrected chi connectivity index (χ1v) is 8.12. The molecule has 2 rings (SSSR count). The van der Waals surface area contributed by atoms with Gasteiger partial charge < -0.3 is 14.5 Å². The van der Waals surface area contributed by atoms with E-state index in [4.69, 9.17) is 4.74 Å². The molecule has 2 amide bonds. The number of rotatable bonds is 4. The largest absolute Gasteiger partial charge is 0.496 e. The smallest absolute Gasteiger partial charge is 0.227 e. The molecular weight excluding hydrogens is 292 g/mol. The Bertz CT molecular complexity index is 576. The summed E-state index contributed by atoms with van der Waals surface area (Å²) in [5, 5.41) is 0. The van der Waals surface area contributed by atoms with Crippen molar-refractivity contribution in [2.45, 2.75) is 27.2 Å². The molecule has 0 aliphatic carbocycles. The van der Waals surface area contributed by atoms with E-state index in [-0.39, 0.29) is 17.7 Å². The van der Waals surface area contributed by atoms with Gasteiger partial charge in [0.15, 0.2) is 0 Å². The average Bonchev–Trinajstić information content (AvgIpc) is 2.54. The van der Waals surface area contributed by atoms with Gasteiger partial charge in [-0.1, -0.05) is 26.0 Å². The lowest BCUT2D eigenvalue weighted by Crippen LogP contribution is -2.51. The van der Waals surface area contributed by atoms with Crippen molar-refractivity contribution in [1.29, 1.82) is 0 Å². The molecular formula is C18H26N2O3. The van der Waals surface area contributed by atoms with E-state index in [1.54, 1.807) is 7.11 Å². The van der Waals surface area contributed by atoms with Crippen LogP contribution in [0, 0.1) is 12.8 Å². The van der Waals surface area contributed by atoms with Crippen LogP contribution in [0.3, 0.4) is 0 Å². The second-order valence-electron chi connectivity index (χ2n) is 6.34. The molecule has 1 aliphatic rings. The lowest BCUT2D eigenvalue weighted by molar-refractivity contribution is -0.141. The SMILES string of the molecule is COc1ccc(CC(=O)N2CCN(C(=O)C(C)C)CC2)cc1C. The summed E-state index contributed by atoms with van der Waals surface area (Å²) in [6, 6.07) is 5.83. The lowest BCUT2D eigenvalue weighted by atomic mass is 10.1. The first kappa shape index (κ1) is 17.3. The van der Waals surface area contributed by atoms with Crippen LogP contribution in [-0.4, -0.2) is 54.9 Å². The van der Waals surface area contributed by atoms with Crippen molar-refractivity contribution in [1.82, 2.24) is 9.80 Å². The highest BCUT2D eigenvalue weighted by molar-refractivity contribution is 5.80. The number of methoxy groups -OCH3 is 1. The summed E-state index contributed by atoms with van der Waals surface area (Å²) in [7, 11) is 1.64. The second-order valence-corrected chi connectivity index (χ2v) is 6.34. The van der Waals surface area contributed by atoms with Crippen LogP contribution in [0.5, 0.6) is 5.75 Å². The van der Waals surface area contributed by atoms with Gasteiger partial charge in [0.2, 0.25) is 11.8 Å². The molecule has 1 heterocycles. The van der Waals surface area contributed by atoms with Gasteiger partial charge in [0, 0.05) is 32.1 Å². The van der Waals surface area contributed by atoms with Gasteiger partial charge in [0.25, 0.3) is 0 Å². The molecule has 1 aliphatic heterocycles. The van der Waals surface area contributed by atoms with Crippen LogP contribution < -0.4 is 4.74 Å². The van der Waals surface area contributed by atoms with Crippen LogP contribution in [0.2, 0.25) is 0 Å². The zero-order valence-corrected chi connectivity index (χ0v) is 14.5. The number of carbonyl (C=O) groups is 2. The van der Waals surface area contributed by atoms with Gasteiger partial charge >= 0.3 is 0 Å². The molecule has 0 aromatic heterocycles. The lowest BCUT2D eigenvalue weighted by Gasteiger charge is -2.35. The second kappa shape index (κ2) is 7.49. The highest BCUT2D eigenvalue weighted by Gasteiger charge is 2.25. The van der Waals surface area contributed by atoms with Crippen LogP contribution in [0.25, 0.3) is 0 Å². The molecule has 0 radical (unpaired) electrons. The van der Waals surface area contributed by atoms with Crippen LogP contribution in [0.15, 0.2) is 18.2 Å². The topological polar surface area (TPSA) is 49.9 Å². The minimum Gasteiger partial charge on any atom is -0.496 e. The maximum Gasteiger partial charge on any atom is 0.227 e. The Balaban J connectivity index is 1.90. The molecule has 0 atom stereocenters. The summed E-state index contributed by atoms with van der Waals surface area (Å²) in [5.41, 5.74) is 2.03. The molecule has 0 bridgehead atoms. The average molecular weight is 318 g/mol. The first-order valence-electron chi connectivity index (χ1n) is 8.12. The number of amides is 2. The third-order valence-corrected chi connectivity index (χ3v) is 4.25. The molecule has 0 saturated carbocycles. The minimum absolute atomic E-state index is 0.0134. The Hall–Kier alpha value is -2.04. The standard InChI is InChI=1S/C18H26N2O3/c1-13(2)18(22)20-9-7-19(8-10-20)17(21)12-15-5-6-16(23-4)14(3)11-15/h5-6,11,13H,7-10,12H2,1-4H3. The quantitative estimate of drug-likeness (QED) is 0.851. The van der Waals surface area contributed by atoms with Gasteiger partial charge in [-0.05, 0) is 24.1 Å². The van der Waals surface area contributed by atoms with Crippen LogP contribution in [0.1, 0.15) is 25.0 Å². The van der Waals surface area contributed by atoms with E-state index < -0.39 is 0 Å². The van der Waals surface area contributed by atoms with Crippen LogP contribution >= 0.6 is 0 Å². The number of nitrogens with zero attached hydrogens (tertiary/aromatic N) is 2. The Kier molecular flexibility index (Phi) is 5.64. The Morgan fingerprint density at radius 2 is 1.74 bits per heavy atom. The zero-order valence-electron chi connectivity index (χ0n) is 14.5. The number of hydrogen-bond donors (Lipinski definition) is 0. The van der Waals surface area contributed by atoms with Crippen LogP contribution in [-0.2, 0) is 16.0 Å². The van der Waals surface area contributed by atoms with E-state index in [2.05, 4.69) is 0 Å². The molecule has 23 heavy (non-hydrogen) atoms. The first-order chi connectivity index (χ1) is 10.9. The summed E-state index contributed by atoms with van der Waals surface area (Å²) in [6.07, 6.45) is 0.392. The third-order valence-electron chi connectivity index (χ3n) is 4.25. The van der Waals surface area contributed by atoms with Gasteiger partial charge in [-0.15, -0.1) is 0 Å². The van der Waals surface area contributed by atoms with Crippen molar-refractivity contribution >= 4 is 11.8 Å². The molecule has 5 heteroatoms. The van der Waals surface area contributed by atoms with Gasteiger partial charge in [-0.25, -0.2) is 0 Å². The molecule has 1 aromatic carbocycles. The van der Waals surface area contributed by atoms with Gasteiger partial charge in [0.05, 0.1) is 13.5 Å². The summed E-state index contributed by atoms with van der Waals surface area (Å²) < 4.78 is 5.24. The van der Waals surface area contributed by atoms with E-state index in [9.17, 15) is 9.59 Å². The van der Waals surface area contributed by atoms with Crippen molar-refractivity contribution < 1.29 is 14.3 Å². The van der Waals surface area contributed by atoms with E-state index >= 15 is 0 Å². The predicted octanol–water partition coefficient (Wildman–Crippen LogP) is 1.87. The number of hydrogen-bond acceptors (Lipinski definition) is 3. The molecule has 0 N–H and O–H groups in total. The number of ether oxygens (including phenoxy) is 1. The fourth-order valence-corrected chi connectivity index (χ4v) is 2.88. The minimum atomic E-state index is 0.0134. The zero-order chi connectivity index (χ0) is 17.0. The van der Waals surface area contributed by atoms with E-state index in [1.165, 1.54) is 0 Å². The van der Waals surface area contributed by atoms with Crippen molar-refractivity contribution in [2.24, 2.45) is 5.92 Å². The van der Waals surface area contributed by atoms with Crippen molar-refractivity contribution in [3.05, 3.63) is 29.3 Å². The van der Waals surface area contributed by atoms with Crippen molar-refractivity contribution in [3.63, 3.8) is 0 Å². The number of aryl methyl sites for hydroxylation is 1. The Morgan fingerprint density at radius 1 is 1.13 bits per heavy atom. The normalized spacial score (nSPS) is 15.0. The summed E-state index contributed by atoms with van der Waals surface area (Å²) in [5.74, 6) is 1.13. The van der Waals surface area contributed by atoms with Crippen molar-refractivity contribution in [3.8, 4) is 5.75 Å². The monoisotopic (exact) mass is 318 g/mol. The molecule has 5 nitrogen and oxygen atoms in total. The summed E-state index contributed by atoms with van der Waals surface area (Å²) >= 11 is 0. The Labute approximate surface area is 138 Å². The van der Waals surface area contributed by atoms with Gasteiger partial charge in [0.1, 0.15) is 5.75 Å².